The van der Waals surface area contributed by atoms with Gasteiger partial charge in [-0.3, -0.25) is 14.5 Å². The van der Waals surface area contributed by atoms with Gasteiger partial charge in [-0.05, 0) is 71.5 Å². The molecule has 0 spiro atoms. The molecule has 1 aliphatic heterocycles. The third kappa shape index (κ3) is 4.45. The van der Waals surface area contributed by atoms with E-state index in [1.165, 1.54) is 11.0 Å². The number of fused-ring (bicyclic) bond motifs is 1. The molecule has 1 aliphatic rings. The van der Waals surface area contributed by atoms with E-state index >= 15 is 0 Å². The lowest BCUT2D eigenvalue weighted by molar-refractivity contribution is 0.0638. The summed E-state index contributed by atoms with van der Waals surface area (Å²) in [5, 5.41) is 5.40. The van der Waals surface area contributed by atoms with E-state index in [-0.39, 0.29) is 11.8 Å². The van der Waals surface area contributed by atoms with Crippen LogP contribution in [0.3, 0.4) is 0 Å². The molecule has 0 aliphatic carbocycles. The fourth-order valence-corrected chi connectivity index (χ4v) is 3.12. The molecule has 0 radical (unpaired) electrons. The largest absolute Gasteiger partial charge is 0.385 e. The zero-order chi connectivity index (χ0) is 19.4. The van der Waals surface area contributed by atoms with Crippen LogP contribution < -0.4 is 10.6 Å². The van der Waals surface area contributed by atoms with Crippen LogP contribution in [0.4, 0.5) is 16.2 Å². The third-order valence-corrected chi connectivity index (χ3v) is 4.78. The molecule has 0 unspecified atom stereocenters. The van der Waals surface area contributed by atoms with Gasteiger partial charge in [0.15, 0.2) is 0 Å². The smallest absolute Gasteiger partial charge is 0.323 e. The number of rotatable bonds is 6. The number of nitrogens with one attached hydrogen (secondary N) is 2. The highest BCUT2D eigenvalue weighted by Crippen LogP contribution is 2.26. The van der Waals surface area contributed by atoms with Gasteiger partial charge < -0.3 is 15.4 Å². The lowest BCUT2D eigenvalue weighted by Gasteiger charge is -2.12. The van der Waals surface area contributed by atoms with E-state index in [1.54, 1.807) is 31.4 Å². The van der Waals surface area contributed by atoms with Crippen LogP contribution in [-0.2, 0) is 4.74 Å². The number of urea groups is 1. The number of imide groups is 1. The molecular formula is C19H18IN3O4. The number of nitrogens with zero attached hydrogens (tertiary/aromatic N) is 1. The number of amides is 4. The van der Waals surface area contributed by atoms with Crippen LogP contribution in [0, 0.1) is 3.57 Å². The Morgan fingerprint density at radius 2 is 1.63 bits per heavy atom. The molecule has 0 saturated heterocycles. The van der Waals surface area contributed by atoms with E-state index in [9.17, 15) is 14.4 Å². The van der Waals surface area contributed by atoms with E-state index < -0.39 is 6.03 Å². The lowest BCUT2D eigenvalue weighted by atomic mass is 10.1. The van der Waals surface area contributed by atoms with Crippen LogP contribution in [0.5, 0.6) is 0 Å². The number of halogens is 1. The fraction of sp³-hybridized carbons (Fsp3) is 0.211. The van der Waals surface area contributed by atoms with Gasteiger partial charge in [-0.15, -0.1) is 0 Å². The first kappa shape index (κ1) is 19.3. The first-order valence-electron chi connectivity index (χ1n) is 8.32. The molecule has 3 rings (SSSR count). The molecule has 2 aromatic rings. The molecule has 2 N–H and O–H groups in total. The Morgan fingerprint density at radius 3 is 2.33 bits per heavy atom. The molecule has 0 atom stereocenters. The van der Waals surface area contributed by atoms with Crippen LogP contribution in [0.25, 0.3) is 0 Å². The quantitative estimate of drug-likeness (QED) is 0.377. The highest BCUT2D eigenvalue weighted by molar-refractivity contribution is 14.1. The molecule has 27 heavy (non-hydrogen) atoms. The van der Waals surface area contributed by atoms with E-state index in [0.29, 0.717) is 42.1 Å². The zero-order valence-corrected chi connectivity index (χ0v) is 16.8. The Bertz CT molecular complexity index is 883. The van der Waals surface area contributed by atoms with E-state index in [4.69, 9.17) is 4.74 Å². The summed E-state index contributed by atoms with van der Waals surface area (Å²) in [6, 6.07) is 11.6. The summed E-state index contributed by atoms with van der Waals surface area (Å²) in [5.41, 5.74) is 1.74. The van der Waals surface area contributed by atoms with Crippen molar-refractivity contribution in [2.75, 3.05) is 30.9 Å². The Balaban J connectivity index is 1.68. The Hall–Kier alpha value is -2.46. The normalized spacial score (nSPS) is 12.9. The second kappa shape index (κ2) is 8.49. The number of methoxy groups -OCH3 is 1. The van der Waals surface area contributed by atoms with Gasteiger partial charge in [-0.2, -0.15) is 0 Å². The molecule has 4 amide bonds. The predicted octanol–water partition coefficient (Wildman–Crippen LogP) is 3.57. The number of anilines is 2. The molecule has 140 valence electrons. The average Bonchev–Trinajstić information content (AvgIpc) is 2.88. The number of hydrogen-bond acceptors (Lipinski definition) is 4. The molecule has 8 heteroatoms. The standard InChI is InChI=1S/C19H18IN3O4/c1-27-10-2-9-23-17(24)15-8-7-14(11-16(15)18(23)25)22-19(26)21-13-5-3-12(20)4-6-13/h3-8,11H,2,9-10H2,1H3,(H2,21,22,26). The first-order valence-corrected chi connectivity index (χ1v) is 9.40. The van der Waals surface area contributed by atoms with Gasteiger partial charge in [0.05, 0.1) is 11.1 Å². The van der Waals surface area contributed by atoms with Gasteiger partial charge in [0.25, 0.3) is 11.8 Å². The minimum absolute atomic E-state index is 0.296. The molecular weight excluding hydrogens is 461 g/mol. The summed E-state index contributed by atoms with van der Waals surface area (Å²) in [4.78, 5) is 38.2. The van der Waals surface area contributed by atoms with Crippen LogP contribution >= 0.6 is 22.6 Å². The number of hydrogen-bond donors (Lipinski definition) is 2. The first-order chi connectivity index (χ1) is 13.0. The second-order valence-electron chi connectivity index (χ2n) is 5.95. The monoisotopic (exact) mass is 479 g/mol. The predicted molar refractivity (Wildman–Crippen MR) is 110 cm³/mol. The molecule has 2 aromatic carbocycles. The number of ether oxygens (including phenoxy) is 1. The summed E-state index contributed by atoms with van der Waals surface area (Å²) >= 11 is 2.18. The summed E-state index contributed by atoms with van der Waals surface area (Å²) < 4.78 is 6.03. The maximum atomic E-state index is 12.5. The maximum Gasteiger partial charge on any atom is 0.323 e. The third-order valence-electron chi connectivity index (χ3n) is 4.06. The van der Waals surface area contributed by atoms with Crippen LogP contribution in [0.2, 0.25) is 0 Å². The molecule has 0 saturated carbocycles. The van der Waals surface area contributed by atoms with Gasteiger partial charge in [0, 0.05) is 35.2 Å². The van der Waals surface area contributed by atoms with Crippen LogP contribution in [0.1, 0.15) is 27.1 Å². The van der Waals surface area contributed by atoms with Crippen molar-refractivity contribution in [2.24, 2.45) is 0 Å². The van der Waals surface area contributed by atoms with E-state index in [0.717, 1.165) is 3.57 Å². The zero-order valence-electron chi connectivity index (χ0n) is 14.6. The molecule has 0 aromatic heterocycles. The Morgan fingerprint density at radius 1 is 1.00 bits per heavy atom. The van der Waals surface area contributed by atoms with Crippen LogP contribution in [-0.4, -0.2) is 43.0 Å². The topological polar surface area (TPSA) is 87.7 Å². The maximum absolute atomic E-state index is 12.5. The minimum atomic E-state index is -0.426. The molecule has 0 fully saturated rings. The Kier molecular flexibility index (Phi) is 6.07. The highest BCUT2D eigenvalue weighted by atomic mass is 127. The van der Waals surface area contributed by atoms with Crippen molar-refractivity contribution >= 4 is 51.8 Å². The summed E-state index contributed by atoms with van der Waals surface area (Å²) in [6.45, 7) is 0.773. The molecule has 1 heterocycles. The van der Waals surface area contributed by atoms with Gasteiger partial charge in [-0.1, -0.05) is 0 Å². The van der Waals surface area contributed by atoms with Crippen molar-refractivity contribution < 1.29 is 19.1 Å². The average molecular weight is 479 g/mol. The van der Waals surface area contributed by atoms with E-state index in [2.05, 4.69) is 33.2 Å². The van der Waals surface area contributed by atoms with E-state index in [1.807, 2.05) is 12.1 Å². The molecule has 0 bridgehead atoms. The number of carbonyl (C=O) groups excluding carboxylic acids is 3. The van der Waals surface area contributed by atoms with Crippen molar-refractivity contribution in [3.63, 3.8) is 0 Å². The lowest BCUT2D eigenvalue weighted by Crippen LogP contribution is -2.31. The van der Waals surface area contributed by atoms with Gasteiger partial charge in [-0.25, -0.2) is 4.79 Å². The van der Waals surface area contributed by atoms with Crippen LogP contribution in [0.15, 0.2) is 42.5 Å². The second-order valence-corrected chi connectivity index (χ2v) is 7.20. The summed E-state index contributed by atoms with van der Waals surface area (Å²) in [7, 11) is 1.57. The van der Waals surface area contributed by atoms with Crippen molar-refractivity contribution in [2.45, 2.75) is 6.42 Å². The SMILES string of the molecule is COCCCN1C(=O)c2ccc(NC(=O)Nc3ccc(I)cc3)cc2C1=O. The number of benzene rings is 2. The van der Waals surface area contributed by atoms with Gasteiger partial charge in [0.1, 0.15) is 0 Å². The van der Waals surface area contributed by atoms with Crippen molar-refractivity contribution in [3.05, 3.63) is 57.2 Å². The Labute approximate surface area is 170 Å². The number of carbonyl (C=O) groups is 3. The van der Waals surface area contributed by atoms with Crippen molar-refractivity contribution in [3.8, 4) is 0 Å². The van der Waals surface area contributed by atoms with Crippen molar-refractivity contribution in [1.29, 1.82) is 0 Å². The summed E-state index contributed by atoms with van der Waals surface area (Å²) in [5.74, 6) is -0.672. The fourth-order valence-electron chi connectivity index (χ4n) is 2.77. The summed E-state index contributed by atoms with van der Waals surface area (Å²) in [6.07, 6.45) is 0.575. The highest BCUT2D eigenvalue weighted by Gasteiger charge is 2.35. The minimum Gasteiger partial charge on any atom is -0.385 e. The van der Waals surface area contributed by atoms with Gasteiger partial charge in [0.2, 0.25) is 0 Å². The van der Waals surface area contributed by atoms with Gasteiger partial charge >= 0.3 is 6.03 Å². The van der Waals surface area contributed by atoms with Crippen molar-refractivity contribution in [1.82, 2.24) is 4.90 Å². The molecule has 7 nitrogen and oxygen atoms in total.